The quantitative estimate of drug-likeness (QED) is 0.700. The largest absolute Gasteiger partial charge is 0.244 e. The Labute approximate surface area is 109 Å². The van der Waals surface area contributed by atoms with Crippen LogP contribution in [0, 0.1) is 17.8 Å². The molecule has 0 bridgehead atoms. The van der Waals surface area contributed by atoms with Crippen LogP contribution >= 0.6 is 11.6 Å². The van der Waals surface area contributed by atoms with Crippen LogP contribution in [0.15, 0.2) is 24.4 Å². The van der Waals surface area contributed by atoms with Crippen LogP contribution in [0.3, 0.4) is 0 Å². The molecule has 0 saturated heterocycles. The Hall–Kier alpha value is -0.820. The summed E-state index contributed by atoms with van der Waals surface area (Å²) in [5, 5.41) is 0.569. The van der Waals surface area contributed by atoms with Gasteiger partial charge in [0.15, 0.2) is 0 Å². The Bertz CT molecular complexity index is 405. The Balaban J connectivity index is 2.30. The van der Waals surface area contributed by atoms with Crippen LogP contribution < -0.4 is 0 Å². The van der Waals surface area contributed by atoms with Crippen molar-refractivity contribution in [2.75, 3.05) is 0 Å². The molecule has 0 aromatic carbocycles. The number of nitrogens with zero attached hydrogens (tertiary/aromatic N) is 1. The minimum Gasteiger partial charge on any atom is -0.244 e. The third kappa shape index (κ3) is 2.90. The second-order valence-corrected chi connectivity index (χ2v) is 5.78. The van der Waals surface area contributed by atoms with Gasteiger partial charge in [-0.15, -0.1) is 0 Å². The van der Waals surface area contributed by atoms with Crippen molar-refractivity contribution in [2.24, 2.45) is 17.8 Å². The number of hydrogen-bond acceptors (Lipinski definition) is 1. The lowest BCUT2D eigenvalue weighted by molar-refractivity contribution is 0.261. The number of halogens is 1. The van der Waals surface area contributed by atoms with Crippen molar-refractivity contribution >= 4 is 17.2 Å². The van der Waals surface area contributed by atoms with Crippen LogP contribution in [0.2, 0.25) is 5.15 Å². The maximum atomic E-state index is 5.85. The molecule has 1 aromatic rings. The Kier molecular flexibility index (Phi) is 3.88. The molecular formula is C15H20ClN. The van der Waals surface area contributed by atoms with Gasteiger partial charge in [-0.1, -0.05) is 44.5 Å². The first-order valence-corrected chi connectivity index (χ1v) is 6.79. The summed E-state index contributed by atoms with van der Waals surface area (Å²) in [5.41, 5.74) is 2.70. The molecule has 1 aliphatic carbocycles. The predicted molar refractivity (Wildman–Crippen MR) is 74.0 cm³/mol. The van der Waals surface area contributed by atoms with Gasteiger partial charge >= 0.3 is 0 Å². The van der Waals surface area contributed by atoms with Gasteiger partial charge in [-0.3, -0.25) is 0 Å². The van der Waals surface area contributed by atoms with Gasteiger partial charge in [0, 0.05) is 6.20 Å². The van der Waals surface area contributed by atoms with Gasteiger partial charge < -0.3 is 0 Å². The number of aromatic nitrogens is 1. The summed E-state index contributed by atoms with van der Waals surface area (Å²) in [6.45, 7) is 6.80. The maximum Gasteiger partial charge on any atom is 0.129 e. The lowest BCUT2D eigenvalue weighted by Gasteiger charge is -2.36. The van der Waals surface area contributed by atoms with Gasteiger partial charge in [-0.05, 0) is 47.8 Å². The summed E-state index contributed by atoms with van der Waals surface area (Å²) in [6.07, 6.45) is 6.94. The number of allylic oxidation sites excluding steroid dienone is 2. The molecule has 0 N–H and O–H groups in total. The first-order chi connectivity index (χ1) is 8.08. The molecule has 1 saturated carbocycles. The summed E-state index contributed by atoms with van der Waals surface area (Å²) >= 11 is 5.85. The van der Waals surface area contributed by atoms with E-state index in [4.69, 9.17) is 11.6 Å². The minimum absolute atomic E-state index is 0.569. The van der Waals surface area contributed by atoms with Crippen molar-refractivity contribution in [2.45, 2.75) is 33.6 Å². The van der Waals surface area contributed by atoms with Gasteiger partial charge in [-0.25, -0.2) is 4.98 Å². The van der Waals surface area contributed by atoms with Gasteiger partial charge in [0.05, 0.1) is 0 Å². The first kappa shape index (κ1) is 12.6. The zero-order valence-corrected chi connectivity index (χ0v) is 11.5. The highest BCUT2D eigenvalue weighted by Gasteiger charge is 2.30. The highest BCUT2D eigenvalue weighted by molar-refractivity contribution is 6.29. The zero-order chi connectivity index (χ0) is 12.4. The summed E-state index contributed by atoms with van der Waals surface area (Å²) < 4.78 is 0. The molecule has 92 valence electrons. The van der Waals surface area contributed by atoms with Crippen LogP contribution in [0.5, 0.6) is 0 Å². The van der Waals surface area contributed by atoms with E-state index in [1.807, 2.05) is 12.3 Å². The van der Waals surface area contributed by atoms with Crippen molar-refractivity contribution in [1.82, 2.24) is 4.98 Å². The third-order valence-corrected chi connectivity index (χ3v) is 3.82. The summed E-state index contributed by atoms with van der Waals surface area (Å²) in [7, 11) is 0. The van der Waals surface area contributed by atoms with Crippen LogP contribution in [0.1, 0.15) is 39.2 Å². The molecule has 0 aliphatic heterocycles. The normalized spacial score (nSPS) is 24.9. The molecule has 1 heterocycles. The number of rotatable bonds is 3. The lowest BCUT2D eigenvalue weighted by atomic mass is 9.69. The van der Waals surface area contributed by atoms with E-state index in [9.17, 15) is 0 Å². The van der Waals surface area contributed by atoms with Crippen molar-refractivity contribution in [3.8, 4) is 0 Å². The Morgan fingerprint density at radius 1 is 1.41 bits per heavy atom. The van der Waals surface area contributed by atoms with E-state index in [0.29, 0.717) is 17.0 Å². The van der Waals surface area contributed by atoms with Gasteiger partial charge in [0.1, 0.15) is 5.15 Å². The van der Waals surface area contributed by atoms with Gasteiger partial charge in [0.2, 0.25) is 0 Å². The molecule has 1 fully saturated rings. The van der Waals surface area contributed by atoms with E-state index < -0.39 is 0 Å². The van der Waals surface area contributed by atoms with Crippen LogP contribution in [-0.2, 0) is 0 Å². The topological polar surface area (TPSA) is 12.9 Å². The molecule has 1 aliphatic rings. The van der Waals surface area contributed by atoms with Crippen LogP contribution in [-0.4, -0.2) is 4.98 Å². The molecule has 2 unspecified atom stereocenters. The highest BCUT2D eigenvalue weighted by atomic mass is 35.5. The second-order valence-electron chi connectivity index (χ2n) is 5.40. The first-order valence-electron chi connectivity index (χ1n) is 6.41. The third-order valence-electron chi connectivity index (χ3n) is 3.59. The molecule has 1 nitrogen and oxygen atoms in total. The van der Waals surface area contributed by atoms with Crippen molar-refractivity contribution in [1.29, 1.82) is 0 Å². The molecule has 0 radical (unpaired) electrons. The molecule has 0 amide bonds. The highest BCUT2D eigenvalue weighted by Crippen LogP contribution is 2.43. The van der Waals surface area contributed by atoms with Crippen LogP contribution in [0.4, 0.5) is 0 Å². The lowest BCUT2D eigenvalue weighted by Crippen LogP contribution is -2.24. The second kappa shape index (κ2) is 5.22. The van der Waals surface area contributed by atoms with E-state index in [2.05, 4.69) is 37.9 Å². The van der Waals surface area contributed by atoms with Crippen LogP contribution in [0.25, 0.3) is 5.57 Å². The van der Waals surface area contributed by atoms with Crippen molar-refractivity contribution in [3.05, 3.63) is 35.1 Å². The predicted octanol–water partition coefficient (Wildman–Crippen LogP) is 4.82. The molecule has 2 atom stereocenters. The van der Waals surface area contributed by atoms with E-state index >= 15 is 0 Å². The molecule has 1 aromatic heterocycles. The average Bonchev–Trinajstić information content (AvgIpc) is 2.26. The molecule has 2 rings (SSSR count). The zero-order valence-electron chi connectivity index (χ0n) is 10.8. The maximum absolute atomic E-state index is 5.85. The van der Waals surface area contributed by atoms with E-state index in [-0.39, 0.29) is 0 Å². The molecule has 0 spiro atoms. The number of pyridine rings is 1. The van der Waals surface area contributed by atoms with Gasteiger partial charge in [-0.2, -0.15) is 0 Å². The van der Waals surface area contributed by atoms with Crippen molar-refractivity contribution in [3.63, 3.8) is 0 Å². The molecular weight excluding hydrogens is 230 g/mol. The fourth-order valence-electron chi connectivity index (χ4n) is 2.47. The van der Waals surface area contributed by atoms with E-state index in [1.54, 1.807) is 0 Å². The van der Waals surface area contributed by atoms with Crippen molar-refractivity contribution < 1.29 is 0 Å². The minimum atomic E-state index is 0.569. The average molecular weight is 250 g/mol. The number of hydrogen-bond donors (Lipinski definition) is 0. The van der Waals surface area contributed by atoms with E-state index in [0.717, 1.165) is 5.92 Å². The Morgan fingerprint density at radius 2 is 2.18 bits per heavy atom. The monoisotopic (exact) mass is 249 g/mol. The summed E-state index contributed by atoms with van der Waals surface area (Å²) in [5.74, 6) is 2.09. The Morgan fingerprint density at radius 3 is 2.59 bits per heavy atom. The molecule has 2 heteroatoms. The van der Waals surface area contributed by atoms with E-state index in [1.165, 1.54) is 24.0 Å². The van der Waals surface area contributed by atoms with Gasteiger partial charge in [0.25, 0.3) is 0 Å². The standard InChI is InChI=1S/C15H20ClN/c1-10(2)8-14(13-6-4-11(13)3)12-5-7-15(16)17-9-12/h5,7-11,13H,4,6H2,1-3H3/b14-8+. The summed E-state index contributed by atoms with van der Waals surface area (Å²) in [6, 6.07) is 3.98. The summed E-state index contributed by atoms with van der Waals surface area (Å²) in [4.78, 5) is 4.20. The molecule has 17 heavy (non-hydrogen) atoms. The fourth-order valence-corrected chi connectivity index (χ4v) is 2.58. The SMILES string of the molecule is CC(C)/C=C(\c1ccc(Cl)nc1)C1CCC1C. The smallest absolute Gasteiger partial charge is 0.129 e. The fraction of sp³-hybridized carbons (Fsp3) is 0.533.